The summed E-state index contributed by atoms with van der Waals surface area (Å²) in [5.74, 6) is -1.52. The van der Waals surface area contributed by atoms with Crippen molar-refractivity contribution >= 4 is 44.5 Å². The molecule has 33 heavy (non-hydrogen) atoms. The van der Waals surface area contributed by atoms with Gasteiger partial charge in [0, 0.05) is 36.7 Å². The van der Waals surface area contributed by atoms with E-state index in [2.05, 4.69) is 15.5 Å². The predicted molar refractivity (Wildman–Crippen MR) is 128 cm³/mol. The van der Waals surface area contributed by atoms with Crippen molar-refractivity contribution in [3.05, 3.63) is 46.2 Å². The van der Waals surface area contributed by atoms with Gasteiger partial charge in [-0.3, -0.25) is 18.8 Å². The fourth-order valence-corrected chi connectivity index (χ4v) is 6.05. The fraction of sp³-hybridized carbons (Fsp3) is 0.455. The Labute approximate surface area is 197 Å². The first kappa shape index (κ1) is 23.7. The number of rotatable bonds is 6. The van der Waals surface area contributed by atoms with Crippen LogP contribution in [0.2, 0.25) is 0 Å². The summed E-state index contributed by atoms with van der Waals surface area (Å²) < 4.78 is 31.0. The van der Waals surface area contributed by atoms with Gasteiger partial charge in [0.2, 0.25) is 10.0 Å². The summed E-state index contributed by atoms with van der Waals surface area (Å²) in [6, 6.07) is 9.07. The van der Waals surface area contributed by atoms with Crippen molar-refractivity contribution in [1.29, 1.82) is 0 Å². The lowest BCUT2D eigenvalue weighted by Gasteiger charge is -2.34. The number of aryl methyl sites for hydroxylation is 1. The molecule has 2 amide bonds. The topological polar surface area (TPSA) is 108 Å². The van der Waals surface area contributed by atoms with Gasteiger partial charge in [0.25, 0.3) is 0 Å². The molecule has 178 valence electrons. The summed E-state index contributed by atoms with van der Waals surface area (Å²) >= 11 is 1.61. The number of benzene rings is 1. The van der Waals surface area contributed by atoms with Crippen molar-refractivity contribution in [2.24, 2.45) is 0 Å². The predicted octanol–water partition coefficient (Wildman–Crippen LogP) is 1.59. The Hall–Kier alpha value is -2.47. The lowest BCUT2D eigenvalue weighted by Crippen LogP contribution is -2.45. The van der Waals surface area contributed by atoms with Gasteiger partial charge in [-0.1, -0.05) is 12.1 Å². The first-order chi connectivity index (χ1) is 15.8. The minimum Gasteiger partial charge on any atom is -0.379 e. The van der Waals surface area contributed by atoms with Crippen LogP contribution >= 0.6 is 11.3 Å². The summed E-state index contributed by atoms with van der Waals surface area (Å²) in [5.41, 5.74) is 1.83. The average molecular weight is 493 g/mol. The third kappa shape index (κ3) is 5.72. The van der Waals surface area contributed by atoms with E-state index in [1.807, 2.05) is 17.5 Å². The number of morpholine rings is 1. The Bertz CT molecular complexity index is 1100. The standard InChI is InChI=1S/C22H28N4O5S2/c1-33(29,30)26-8-2-4-16-6-7-17(14-18(16)26)24-22(28)21(27)23-15-19(20-5-3-13-32-20)25-9-11-31-12-10-25/h3,5-7,13-14,19H,2,4,8-12,15H2,1H3,(H,23,27)(H,24,28)/t19-/m0/s1. The number of sulfonamides is 1. The molecule has 1 atom stereocenters. The highest BCUT2D eigenvalue weighted by atomic mass is 32.2. The maximum absolute atomic E-state index is 12.5. The second-order valence-corrected chi connectivity index (χ2v) is 11.0. The number of nitrogens with zero attached hydrogens (tertiary/aromatic N) is 2. The smallest absolute Gasteiger partial charge is 0.313 e. The highest BCUT2D eigenvalue weighted by molar-refractivity contribution is 7.92. The molecule has 0 radical (unpaired) electrons. The van der Waals surface area contributed by atoms with Crippen LogP contribution in [0.15, 0.2) is 35.7 Å². The number of hydrogen-bond donors (Lipinski definition) is 2. The van der Waals surface area contributed by atoms with E-state index < -0.39 is 21.8 Å². The van der Waals surface area contributed by atoms with Crippen LogP contribution in [0.3, 0.4) is 0 Å². The van der Waals surface area contributed by atoms with Gasteiger partial charge in [0.1, 0.15) is 0 Å². The van der Waals surface area contributed by atoms with Crippen molar-refractivity contribution < 1.29 is 22.7 Å². The molecule has 2 aliphatic rings. The number of carbonyl (C=O) groups is 2. The summed E-state index contributed by atoms with van der Waals surface area (Å²) in [6.07, 6.45) is 2.67. The van der Waals surface area contributed by atoms with E-state index in [0.717, 1.165) is 36.4 Å². The number of thiophene rings is 1. The SMILES string of the molecule is CS(=O)(=O)N1CCCc2ccc(NC(=O)C(=O)NC[C@@H](c3cccs3)N3CCOCC3)cc21. The maximum Gasteiger partial charge on any atom is 0.313 e. The maximum atomic E-state index is 12.5. The number of fused-ring (bicyclic) bond motifs is 1. The molecule has 0 unspecified atom stereocenters. The van der Waals surface area contributed by atoms with E-state index >= 15 is 0 Å². The highest BCUT2D eigenvalue weighted by Gasteiger charge is 2.27. The molecule has 0 spiro atoms. The number of ether oxygens (including phenoxy) is 1. The second-order valence-electron chi connectivity index (χ2n) is 8.13. The molecule has 4 rings (SSSR count). The summed E-state index contributed by atoms with van der Waals surface area (Å²) in [5, 5.41) is 7.34. The molecule has 1 saturated heterocycles. The Morgan fingerprint density at radius 2 is 1.94 bits per heavy atom. The lowest BCUT2D eigenvalue weighted by atomic mass is 10.0. The van der Waals surface area contributed by atoms with Crippen LogP contribution in [0, 0.1) is 0 Å². The van der Waals surface area contributed by atoms with Gasteiger partial charge in [-0.15, -0.1) is 11.3 Å². The van der Waals surface area contributed by atoms with E-state index in [9.17, 15) is 18.0 Å². The van der Waals surface area contributed by atoms with Gasteiger partial charge in [-0.05, 0) is 42.0 Å². The number of amides is 2. The zero-order chi connectivity index (χ0) is 23.4. The molecule has 9 nitrogen and oxygen atoms in total. The van der Waals surface area contributed by atoms with Crippen LogP contribution in [0.1, 0.15) is 22.9 Å². The van der Waals surface area contributed by atoms with Crippen LogP contribution in [-0.2, 0) is 30.8 Å². The van der Waals surface area contributed by atoms with E-state index in [-0.39, 0.29) is 6.04 Å². The minimum absolute atomic E-state index is 0.0299. The molecule has 2 aromatic rings. The molecule has 2 aliphatic heterocycles. The largest absolute Gasteiger partial charge is 0.379 e. The zero-order valence-electron chi connectivity index (χ0n) is 18.5. The molecule has 11 heteroatoms. The Morgan fingerprint density at radius 3 is 2.64 bits per heavy atom. The summed E-state index contributed by atoms with van der Waals surface area (Å²) in [6.45, 7) is 3.50. The van der Waals surface area contributed by atoms with Crippen LogP contribution in [0.25, 0.3) is 0 Å². The van der Waals surface area contributed by atoms with Gasteiger partial charge in [-0.25, -0.2) is 8.42 Å². The molecule has 1 aromatic heterocycles. The van der Waals surface area contributed by atoms with E-state index in [1.165, 1.54) is 10.6 Å². The first-order valence-corrected chi connectivity index (χ1v) is 13.6. The molecule has 3 heterocycles. The minimum atomic E-state index is -3.42. The molecule has 0 bridgehead atoms. The van der Waals surface area contributed by atoms with Gasteiger partial charge < -0.3 is 15.4 Å². The fourth-order valence-electron chi connectivity index (χ4n) is 4.20. The second kappa shape index (κ2) is 10.2. The molecule has 1 fully saturated rings. The van der Waals surface area contributed by atoms with E-state index in [0.29, 0.717) is 37.7 Å². The molecule has 1 aromatic carbocycles. The van der Waals surface area contributed by atoms with Crippen LogP contribution in [-0.4, -0.2) is 70.8 Å². The van der Waals surface area contributed by atoms with Crippen LogP contribution in [0.4, 0.5) is 11.4 Å². The lowest BCUT2D eigenvalue weighted by molar-refractivity contribution is -0.136. The third-order valence-electron chi connectivity index (χ3n) is 5.84. The van der Waals surface area contributed by atoms with Gasteiger partial charge in [0.05, 0.1) is 31.2 Å². The van der Waals surface area contributed by atoms with Crippen molar-refractivity contribution in [2.75, 3.05) is 55.3 Å². The molecule has 2 N–H and O–H groups in total. The Balaban J connectivity index is 1.41. The van der Waals surface area contributed by atoms with Crippen molar-refractivity contribution in [3.63, 3.8) is 0 Å². The molecular weight excluding hydrogens is 464 g/mol. The average Bonchev–Trinajstić information content (AvgIpc) is 3.33. The van der Waals surface area contributed by atoms with Gasteiger partial charge in [0.15, 0.2) is 0 Å². The monoisotopic (exact) mass is 492 g/mol. The zero-order valence-corrected chi connectivity index (χ0v) is 20.1. The summed E-state index contributed by atoms with van der Waals surface area (Å²) in [4.78, 5) is 28.5. The van der Waals surface area contributed by atoms with E-state index in [1.54, 1.807) is 29.5 Å². The number of anilines is 2. The quantitative estimate of drug-likeness (QED) is 0.593. The number of carbonyl (C=O) groups excluding carboxylic acids is 2. The van der Waals surface area contributed by atoms with Gasteiger partial charge >= 0.3 is 11.8 Å². The Kier molecular flexibility index (Phi) is 7.32. The molecular formula is C22H28N4O5S2. The molecule has 0 aliphatic carbocycles. The van der Waals surface area contributed by atoms with Crippen LogP contribution < -0.4 is 14.9 Å². The van der Waals surface area contributed by atoms with Crippen molar-refractivity contribution in [3.8, 4) is 0 Å². The van der Waals surface area contributed by atoms with Gasteiger partial charge in [-0.2, -0.15) is 0 Å². The normalized spacial score (nSPS) is 17.8. The number of hydrogen-bond acceptors (Lipinski definition) is 7. The highest BCUT2D eigenvalue weighted by Crippen LogP contribution is 2.31. The third-order valence-corrected chi connectivity index (χ3v) is 7.99. The van der Waals surface area contributed by atoms with Crippen LogP contribution in [0.5, 0.6) is 0 Å². The summed E-state index contributed by atoms with van der Waals surface area (Å²) in [7, 11) is -3.42. The Morgan fingerprint density at radius 1 is 1.15 bits per heavy atom. The first-order valence-electron chi connectivity index (χ1n) is 10.9. The van der Waals surface area contributed by atoms with Crippen molar-refractivity contribution in [1.82, 2.24) is 10.2 Å². The van der Waals surface area contributed by atoms with E-state index in [4.69, 9.17) is 4.74 Å². The van der Waals surface area contributed by atoms with Crippen molar-refractivity contribution in [2.45, 2.75) is 18.9 Å². The molecule has 0 saturated carbocycles. The number of nitrogens with one attached hydrogen (secondary N) is 2.